The van der Waals surface area contributed by atoms with Crippen LogP contribution in [0.15, 0.2) is 24.3 Å². The van der Waals surface area contributed by atoms with Gasteiger partial charge in [0.05, 0.1) is 7.11 Å². The molecule has 0 aromatic heterocycles. The Balaban J connectivity index is 1.81. The summed E-state index contributed by atoms with van der Waals surface area (Å²) in [5.74, 6) is 0.912. The van der Waals surface area contributed by atoms with Gasteiger partial charge in [-0.1, -0.05) is 32.9 Å². The first-order valence-electron chi connectivity index (χ1n) is 8.26. The lowest BCUT2D eigenvalue weighted by Gasteiger charge is -2.37. The number of piperazine rings is 1. The molecule has 0 radical (unpaired) electrons. The second-order valence-corrected chi connectivity index (χ2v) is 7.04. The number of methoxy groups -OCH3 is 1. The molecule has 132 valence electrons. The minimum atomic E-state index is -0.378. The molecule has 0 spiro atoms. The van der Waals surface area contributed by atoms with Gasteiger partial charge in [-0.2, -0.15) is 0 Å². The molecule has 24 heavy (non-hydrogen) atoms. The molecular weight excluding hydrogens is 306 g/mol. The Morgan fingerprint density at radius 1 is 1.12 bits per heavy atom. The van der Waals surface area contributed by atoms with Gasteiger partial charge < -0.3 is 19.9 Å². The van der Waals surface area contributed by atoms with Crippen molar-refractivity contribution >= 4 is 11.9 Å². The number of hydrogen-bond donors (Lipinski definition) is 1. The third-order valence-corrected chi connectivity index (χ3v) is 4.07. The van der Waals surface area contributed by atoms with Gasteiger partial charge in [0.25, 0.3) is 0 Å². The van der Waals surface area contributed by atoms with E-state index in [1.54, 1.807) is 12.0 Å². The SMILES string of the molecule is COc1cccc(CNC(=O)N2CCN(C(=O)C(C)(C)C)CC2)c1. The molecule has 0 saturated carbocycles. The summed E-state index contributed by atoms with van der Waals surface area (Å²) in [5.41, 5.74) is 0.612. The molecule has 1 aliphatic heterocycles. The van der Waals surface area contributed by atoms with E-state index in [-0.39, 0.29) is 17.4 Å². The molecule has 1 saturated heterocycles. The number of nitrogens with one attached hydrogen (secondary N) is 1. The molecule has 6 heteroatoms. The van der Waals surface area contributed by atoms with E-state index in [1.165, 1.54) is 0 Å². The number of benzene rings is 1. The second kappa shape index (κ2) is 7.55. The van der Waals surface area contributed by atoms with Crippen LogP contribution in [0, 0.1) is 5.41 Å². The molecule has 1 N–H and O–H groups in total. The van der Waals surface area contributed by atoms with Crippen molar-refractivity contribution in [3.8, 4) is 5.75 Å². The van der Waals surface area contributed by atoms with Crippen LogP contribution in [0.3, 0.4) is 0 Å². The summed E-state index contributed by atoms with van der Waals surface area (Å²) in [4.78, 5) is 28.1. The van der Waals surface area contributed by atoms with Crippen molar-refractivity contribution in [2.45, 2.75) is 27.3 Å². The first kappa shape index (κ1) is 18.1. The fraction of sp³-hybridized carbons (Fsp3) is 0.556. The maximum Gasteiger partial charge on any atom is 0.317 e. The zero-order valence-corrected chi connectivity index (χ0v) is 15.0. The van der Waals surface area contributed by atoms with E-state index in [0.717, 1.165) is 11.3 Å². The van der Waals surface area contributed by atoms with E-state index in [0.29, 0.717) is 32.7 Å². The van der Waals surface area contributed by atoms with Crippen LogP contribution in [0.2, 0.25) is 0 Å². The van der Waals surface area contributed by atoms with E-state index in [9.17, 15) is 9.59 Å². The summed E-state index contributed by atoms with van der Waals surface area (Å²) in [7, 11) is 1.62. The average molecular weight is 333 g/mol. The van der Waals surface area contributed by atoms with Crippen LogP contribution in [0.4, 0.5) is 4.79 Å². The van der Waals surface area contributed by atoms with Gasteiger partial charge in [-0.25, -0.2) is 4.79 Å². The van der Waals surface area contributed by atoms with Crippen molar-refractivity contribution in [2.24, 2.45) is 5.41 Å². The lowest BCUT2D eigenvalue weighted by Crippen LogP contribution is -2.54. The summed E-state index contributed by atoms with van der Waals surface area (Å²) in [6.07, 6.45) is 0. The van der Waals surface area contributed by atoms with Gasteiger partial charge in [0.15, 0.2) is 0 Å². The van der Waals surface area contributed by atoms with Gasteiger partial charge in [-0.05, 0) is 17.7 Å². The average Bonchev–Trinajstić information content (AvgIpc) is 2.58. The Labute approximate surface area is 143 Å². The molecule has 1 fully saturated rings. The van der Waals surface area contributed by atoms with Crippen molar-refractivity contribution in [1.29, 1.82) is 0 Å². The molecule has 1 heterocycles. The predicted octanol–water partition coefficient (Wildman–Crippen LogP) is 2.10. The van der Waals surface area contributed by atoms with Crippen LogP contribution in [-0.2, 0) is 11.3 Å². The van der Waals surface area contributed by atoms with Crippen LogP contribution in [0.5, 0.6) is 5.75 Å². The first-order chi connectivity index (χ1) is 11.3. The van der Waals surface area contributed by atoms with E-state index in [1.807, 2.05) is 49.9 Å². The quantitative estimate of drug-likeness (QED) is 0.921. The van der Waals surface area contributed by atoms with Crippen molar-refractivity contribution < 1.29 is 14.3 Å². The molecule has 0 atom stereocenters. The van der Waals surface area contributed by atoms with Gasteiger partial charge in [-0.15, -0.1) is 0 Å². The van der Waals surface area contributed by atoms with Gasteiger partial charge in [0.2, 0.25) is 5.91 Å². The summed E-state index contributed by atoms with van der Waals surface area (Å²) in [6.45, 7) is 8.51. The molecule has 6 nitrogen and oxygen atoms in total. The first-order valence-corrected chi connectivity index (χ1v) is 8.26. The minimum absolute atomic E-state index is 0.0966. The van der Waals surface area contributed by atoms with E-state index in [2.05, 4.69) is 5.32 Å². The maximum absolute atomic E-state index is 12.3. The minimum Gasteiger partial charge on any atom is -0.497 e. The summed E-state index contributed by atoms with van der Waals surface area (Å²) in [6, 6.07) is 7.53. The number of rotatable bonds is 3. The van der Waals surface area contributed by atoms with Crippen LogP contribution >= 0.6 is 0 Å². The van der Waals surface area contributed by atoms with Gasteiger partial charge >= 0.3 is 6.03 Å². The molecule has 0 unspecified atom stereocenters. The van der Waals surface area contributed by atoms with Crippen molar-refractivity contribution in [3.63, 3.8) is 0 Å². The standard InChI is InChI=1S/C18H27N3O3/c1-18(2,3)16(22)20-8-10-21(11-9-20)17(23)19-13-14-6-5-7-15(12-14)24-4/h5-7,12H,8-11,13H2,1-4H3,(H,19,23). The highest BCUT2D eigenvalue weighted by atomic mass is 16.5. The van der Waals surface area contributed by atoms with Gasteiger partial charge in [0.1, 0.15) is 5.75 Å². The fourth-order valence-electron chi connectivity index (χ4n) is 2.66. The topological polar surface area (TPSA) is 61.9 Å². The number of carbonyl (C=O) groups is 2. The van der Waals surface area contributed by atoms with E-state index < -0.39 is 0 Å². The molecule has 1 aromatic rings. The lowest BCUT2D eigenvalue weighted by atomic mass is 9.94. The molecule has 1 aliphatic rings. The highest BCUT2D eigenvalue weighted by molar-refractivity contribution is 5.82. The maximum atomic E-state index is 12.3. The Hall–Kier alpha value is -2.24. The summed E-state index contributed by atoms with van der Waals surface area (Å²) in [5, 5.41) is 2.92. The summed E-state index contributed by atoms with van der Waals surface area (Å²) < 4.78 is 5.18. The van der Waals surface area contributed by atoms with Crippen LogP contribution in [-0.4, -0.2) is 55.0 Å². The summed E-state index contributed by atoms with van der Waals surface area (Å²) >= 11 is 0. The fourth-order valence-corrected chi connectivity index (χ4v) is 2.66. The Bertz CT molecular complexity index is 587. The molecular formula is C18H27N3O3. The van der Waals surface area contributed by atoms with Crippen LogP contribution < -0.4 is 10.1 Å². The monoisotopic (exact) mass is 333 g/mol. The Morgan fingerprint density at radius 3 is 2.33 bits per heavy atom. The Morgan fingerprint density at radius 2 is 1.75 bits per heavy atom. The van der Waals surface area contributed by atoms with Crippen molar-refractivity contribution in [3.05, 3.63) is 29.8 Å². The normalized spacial score (nSPS) is 15.2. The van der Waals surface area contributed by atoms with E-state index >= 15 is 0 Å². The zero-order chi connectivity index (χ0) is 17.7. The number of amides is 3. The molecule has 0 bridgehead atoms. The van der Waals surface area contributed by atoms with Gasteiger partial charge in [0, 0.05) is 38.1 Å². The lowest BCUT2D eigenvalue weighted by molar-refractivity contribution is -0.140. The highest BCUT2D eigenvalue weighted by Gasteiger charge is 2.30. The molecule has 0 aliphatic carbocycles. The Kier molecular flexibility index (Phi) is 5.70. The molecule has 2 rings (SSSR count). The number of urea groups is 1. The second-order valence-electron chi connectivity index (χ2n) is 7.04. The molecule has 1 aromatic carbocycles. The number of nitrogens with zero attached hydrogens (tertiary/aromatic N) is 2. The van der Waals surface area contributed by atoms with Crippen LogP contribution in [0.25, 0.3) is 0 Å². The predicted molar refractivity (Wildman–Crippen MR) is 92.8 cm³/mol. The smallest absolute Gasteiger partial charge is 0.317 e. The zero-order valence-electron chi connectivity index (χ0n) is 15.0. The number of carbonyl (C=O) groups excluding carboxylic acids is 2. The van der Waals surface area contributed by atoms with Crippen LogP contribution in [0.1, 0.15) is 26.3 Å². The van der Waals surface area contributed by atoms with Crippen molar-refractivity contribution in [2.75, 3.05) is 33.3 Å². The molecule has 3 amide bonds. The van der Waals surface area contributed by atoms with Crippen molar-refractivity contribution in [1.82, 2.24) is 15.1 Å². The number of hydrogen-bond acceptors (Lipinski definition) is 3. The van der Waals surface area contributed by atoms with Gasteiger partial charge in [-0.3, -0.25) is 4.79 Å². The van der Waals surface area contributed by atoms with E-state index in [4.69, 9.17) is 4.74 Å². The largest absolute Gasteiger partial charge is 0.497 e. The highest BCUT2D eigenvalue weighted by Crippen LogP contribution is 2.18. The number of ether oxygens (including phenoxy) is 1. The third kappa shape index (κ3) is 4.63. The third-order valence-electron chi connectivity index (χ3n) is 4.07.